The van der Waals surface area contributed by atoms with Crippen molar-refractivity contribution in [1.29, 1.82) is 0 Å². The van der Waals surface area contributed by atoms with Crippen molar-refractivity contribution in [2.45, 2.75) is 36.3 Å². The van der Waals surface area contributed by atoms with Crippen LogP contribution in [0.3, 0.4) is 0 Å². The molecule has 1 aromatic carbocycles. The molecule has 0 spiro atoms. The summed E-state index contributed by atoms with van der Waals surface area (Å²) in [5, 5.41) is 2.16. The smallest absolute Gasteiger partial charge is 0.220 e. The molecule has 24 heavy (non-hydrogen) atoms. The molecule has 2 rings (SSSR count). The molecule has 1 unspecified atom stereocenters. The van der Waals surface area contributed by atoms with Crippen LogP contribution in [-0.4, -0.2) is 20.9 Å². The van der Waals surface area contributed by atoms with Gasteiger partial charge in [0.2, 0.25) is 5.91 Å². The highest BCUT2D eigenvalue weighted by molar-refractivity contribution is 7.91. The van der Waals surface area contributed by atoms with E-state index in [4.69, 9.17) is 16.0 Å². The van der Waals surface area contributed by atoms with Crippen LogP contribution in [0.1, 0.15) is 37.2 Å². The monoisotopic (exact) mass is 369 g/mol. The highest BCUT2D eigenvalue weighted by Crippen LogP contribution is 2.29. The maximum absolute atomic E-state index is 12.9. The molecule has 0 radical (unpaired) electrons. The molecule has 1 aromatic heterocycles. The van der Waals surface area contributed by atoms with Crippen LogP contribution in [0.4, 0.5) is 0 Å². The first kappa shape index (κ1) is 18.5. The molecule has 1 N–H and O–H groups in total. The lowest BCUT2D eigenvalue weighted by molar-refractivity contribution is -0.121. The van der Waals surface area contributed by atoms with Crippen LogP contribution in [0.15, 0.2) is 52.0 Å². The Labute approximate surface area is 146 Å². The lowest BCUT2D eigenvalue weighted by Gasteiger charge is -2.16. The number of hydrogen-bond donors (Lipinski definition) is 1. The summed E-state index contributed by atoms with van der Waals surface area (Å²) in [6.07, 6.45) is 3.46. The van der Waals surface area contributed by atoms with Crippen molar-refractivity contribution in [2.24, 2.45) is 0 Å². The van der Waals surface area contributed by atoms with Crippen LogP contribution in [0.2, 0.25) is 5.02 Å². The molecule has 0 fully saturated rings. The predicted octanol–water partition coefficient (Wildman–Crippen LogP) is 3.75. The summed E-state index contributed by atoms with van der Waals surface area (Å²) in [6, 6.07) is 9.16. The minimum atomic E-state index is -3.72. The van der Waals surface area contributed by atoms with Gasteiger partial charge in [-0.25, -0.2) is 8.42 Å². The first-order chi connectivity index (χ1) is 11.4. The predicted molar refractivity (Wildman–Crippen MR) is 92.6 cm³/mol. The number of nitrogens with one attached hydrogen (secondary N) is 1. The highest BCUT2D eigenvalue weighted by Gasteiger charge is 2.31. The molecule has 0 bridgehead atoms. The molecule has 0 saturated carbocycles. The van der Waals surface area contributed by atoms with Crippen LogP contribution < -0.4 is 5.32 Å². The van der Waals surface area contributed by atoms with E-state index in [9.17, 15) is 13.2 Å². The van der Waals surface area contributed by atoms with E-state index >= 15 is 0 Å². The number of amides is 1. The van der Waals surface area contributed by atoms with Gasteiger partial charge >= 0.3 is 0 Å². The van der Waals surface area contributed by atoms with E-state index in [-0.39, 0.29) is 17.3 Å². The third-order valence-electron chi connectivity index (χ3n) is 3.62. The molecule has 5 nitrogen and oxygen atoms in total. The maximum atomic E-state index is 12.9. The lowest BCUT2D eigenvalue weighted by atomic mass is 10.2. The van der Waals surface area contributed by atoms with E-state index in [2.05, 4.69) is 5.32 Å². The Bertz CT molecular complexity index is 754. The average molecular weight is 370 g/mol. The zero-order valence-electron chi connectivity index (χ0n) is 13.4. The summed E-state index contributed by atoms with van der Waals surface area (Å²) < 4.78 is 31.1. The van der Waals surface area contributed by atoms with E-state index in [1.54, 1.807) is 12.1 Å². The molecule has 0 aliphatic carbocycles. The SMILES string of the molecule is CCCCC(=O)NCC(c1ccco1)S(=O)(=O)c1ccc(Cl)cc1. The summed E-state index contributed by atoms with van der Waals surface area (Å²) >= 11 is 5.82. The van der Waals surface area contributed by atoms with Gasteiger partial charge in [-0.2, -0.15) is 0 Å². The van der Waals surface area contributed by atoms with Gasteiger partial charge in [-0.05, 0) is 42.8 Å². The van der Waals surface area contributed by atoms with Crippen molar-refractivity contribution in [3.63, 3.8) is 0 Å². The molecule has 0 aliphatic rings. The number of unbranched alkanes of at least 4 members (excludes halogenated alkanes) is 1. The van der Waals surface area contributed by atoms with Crippen LogP contribution in [-0.2, 0) is 14.6 Å². The molecular formula is C17H20ClNO4S. The van der Waals surface area contributed by atoms with Gasteiger partial charge in [0.25, 0.3) is 0 Å². The van der Waals surface area contributed by atoms with E-state index in [0.717, 1.165) is 12.8 Å². The Morgan fingerprint density at radius 3 is 2.54 bits per heavy atom. The first-order valence-corrected chi connectivity index (χ1v) is 9.67. The van der Waals surface area contributed by atoms with Crippen molar-refractivity contribution in [3.05, 3.63) is 53.4 Å². The van der Waals surface area contributed by atoms with Gasteiger partial charge in [0.05, 0.1) is 11.2 Å². The van der Waals surface area contributed by atoms with Gasteiger partial charge in [0.1, 0.15) is 11.0 Å². The van der Waals surface area contributed by atoms with E-state index in [1.807, 2.05) is 6.92 Å². The van der Waals surface area contributed by atoms with Crippen molar-refractivity contribution >= 4 is 27.3 Å². The average Bonchev–Trinajstić information content (AvgIpc) is 3.07. The number of sulfone groups is 1. The zero-order chi connectivity index (χ0) is 17.6. The number of carbonyl (C=O) groups is 1. The fourth-order valence-corrected chi connectivity index (χ4v) is 3.97. The van der Waals surface area contributed by atoms with E-state index in [1.165, 1.54) is 30.5 Å². The molecule has 1 atom stereocenters. The minimum absolute atomic E-state index is 0.0407. The number of rotatable bonds is 8. The molecular weight excluding hydrogens is 350 g/mol. The van der Waals surface area contributed by atoms with Gasteiger partial charge in [-0.15, -0.1) is 0 Å². The number of benzene rings is 1. The molecule has 0 saturated heterocycles. The lowest BCUT2D eigenvalue weighted by Crippen LogP contribution is -2.31. The van der Waals surface area contributed by atoms with Gasteiger partial charge in [0.15, 0.2) is 9.84 Å². The minimum Gasteiger partial charge on any atom is -0.468 e. The molecule has 130 valence electrons. The van der Waals surface area contributed by atoms with E-state index < -0.39 is 15.1 Å². The van der Waals surface area contributed by atoms with Crippen molar-refractivity contribution in [3.8, 4) is 0 Å². The van der Waals surface area contributed by atoms with Crippen LogP contribution >= 0.6 is 11.6 Å². The molecule has 1 amide bonds. The number of carbonyl (C=O) groups excluding carboxylic acids is 1. The fourth-order valence-electron chi connectivity index (χ4n) is 2.26. The highest BCUT2D eigenvalue weighted by atomic mass is 35.5. The third kappa shape index (κ3) is 4.61. The largest absolute Gasteiger partial charge is 0.468 e. The van der Waals surface area contributed by atoms with Crippen LogP contribution in [0, 0.1) is 0 Å². The second-order valence-corrected chi connectivity index (χ2v) is 7.98. The molecule has 0 aliphatic heterocycles. The van der Waals surface area contributed by atoms with Crippen LogP contribution in [0.25, 0.3) is 0 Å². The summed E-state index contributed by atoms with van der Waals surface area (Å²) in [5.41, 5.74) is 0. The zero-order valence-corrected chi connectivity index (χ0v) is 14.9. The van der Waals surface area contributed by atoms with Gasteiger partial charge in [-0.1, -0.05) is 24.9 Å². The Kier molecular flexibility index (Phi) is 6.45. The Balaban J connectivity index is 2.23. The maximum Gasteiger partial charge on any atom is 0.220 e. The summed E-state index contributed by atoms with van der Waals surface area (Å²) in [5.74, 6) is 0.125. The fraction of sp³-hybridized carbons (Fsp3) is 0.353. The second-order valence-electron chi connectivity index (χ2n) is 5.41. The Hall–Kier alpha value is -1.79. The molecule has 1 heterocycles. The van der Waals surface area contributed by atoms with Gasteiger partial charge < -0.3 is 9.73 Å². The standard InChI is InChI=1S/C17H20ClNO4S/c1-2-3-6-17(20)19-12-16(15-5-4-11-23-15)24(21,22)14-9-7-13(18)8-10-14/h4-5,7-11,16H,2-3,6,12H2,1H3,(H,19,20). The van der Waals surface area contributed by atoms with Crippen molar-refractivity contribution in [2.75, 3.05) is 6.54 Å². The topological polar surface area (TPSA) is 76.4 Å². The van der Waals surface area contributed by atoms with Gasteiger partial charge in [-0.3, -0.25) is 4.79 Å². The Morgan fingerprint density at radius 2 is 1.96 bits per heavy atom. The summed E-state index contributed by atoms with van der Waals surface area (Å²) in [6.45, 7) is 1.95. The number of hydrogen-bond acceptors (Lipinski definition) is 4. The normalized spacial score (nSPS) is 12.8. The molecule has 7 heteroatoms. The van der Waals surface area contributed by atoms with Crippen molar-refractivity contribution in [1.82, 2.24) is 5.32 Å². The second kappa shape index (κ2) is 8.35. The first-order valence-electron chi connectivity index (χ1n) is 7.74. The van der Waals surface area contributed by atoms with Gasteiger partial charge in [0, 0.05) is 18.0 Å². The number of furan rings is 1. The Morgan fingerprint density at radius 1 is 1.25 bits per heavy atom. The summed E-state index contributed by atoms with van der Waals surface area (Å²) in [7, 11) is -3.72. The summed E-state index contributed by atoms with van der Waals surface area (Å²) in [4.78, 5) is 12.0. The number of halogens is 1. The van der Waals surface area contributed by atoms with E-state index in [0.29, 0.717) is 17.2 Å². The van der Waals surface area contributed by atoms with Crippen LogP contribution in [0.5, 0.6) is 0 Å². The third-order valence-corrected chi connectivity index (χ3v) is 5.95. The quantitative estimate of drug-likeness (QED) is 0.768. The van der Waals surface area contributed by atoms with Crippen molar-refractivity contribution < 1.29 is 17.6 Å². The molecule has 2 aromatic rings.